The van der Waals surface area contributed by atoms with Crippen molar-refractivity contribution in [2.24, 2.45) is 7.05 Å². The monoisotopic (exact) mass is 310 g/mol. The molecule has 2 aromatic heterocycles. The van der Waals surface area contributed by atoms with Crippen molar-refractivity contribution in [3.63, 3.8) is 0 Å². The van der Waals surface area contributed by atoms with Gasteiger partial charge in [-0.15, -0.1) is 5.10 Å². The highest BCUT2D eigenvalue weighted by Crippen LogP contribution is 2.20. The number of carbonyl (C=O) groups excluding carboxylic acids is 1. The second-order valence-electron chi connectivity index (χ2n) is 5.35. The zero-order valence-electron chi connectivity index (χ0n) is 13.1. The van der Waals surface area contributed by atoms with Gasteiger partial charge < -0.3 is 5.32 Å². The molecule has 0 radical (unpaired) electrons. The number of anilines is 1. The molecule has 3 aromatic rings. The van der Waals surface area contributed by atoms with E-state index in [4.69, 9.17) is 0 Å². The molecule has 0 saturated carbocycles. The van der Waals surface area contributed by atoms with E-state index in [0.29, 0.717) is 5.82 Å². The fraction of sp³-hybridized carbons (Fsp3) is 0.250. The number of aromatic amines is 1. The van der Waals surface area contributed by atoms with E-state index in [2.05, 4.69) is 44.9 Å². The molecule has 0 aliphatic carbocycles. The first-order valence-corrected chi connectivity index (χ1v) is 7.48. The number of H-pyrrole nitrogens is 1. The van der Waals surface area contributed by atoms with E-state index in [1.165, 1.54) is 10.2 Å². The molecule has 2 N–H and O–H groups in total. The number of amides is 1. The Bertz CT molecular complexity index is 802. The molecule has 23 heavy (non-hydrogen) atoms. The maximum Gasteiger partial charge on any atom is 0.279 e. The predicted molar refractivity (Wildman–Crippen MR) is 87.0 cm³/mol. The average Bonchev–Trinajstić information content (AvgIpc) is 3.18. The number of benzene rings is 1. The molecule has 118 valence electrons. The molecule has 0 unspecified atom stereocenters. The normalized spacial score (nSPS) is 10.7. The largest absolute Gasteiger partial charge is 0.304 e. The maximum absolute atomic E-state index is 12.0. The number of carbonyl (C=O) groups is 1. The second-order valence-corrected chi connectivity index (χ2v) is 5.35. The number of rotatable bonds is 5. The molecule has 1 amide bonds. The van der Waals surface area contributed by atoms with Crippen LogP contribution in [-0.4, -0.2) is 31.1 Å². The molecule has 0 atom stereocenters. The Kier molecular flexibility index (Phi) is 4.18. The van der Waals surface area contributed by atoms with Crippen LogP contribution in [0.3, 0.4) is 0 Å². The lowest BCUT2D eigenvalue weighted by Gasteiger charge is -2.00. The first-order valence-electron chi connectivity index (χ1n) is 7.48. The third-order valence-electron chi connectivity index (χ3n) is 3.46. The molecule has 1 aromatic carbocycles. The van der Waals surface area contributed by atoms with Gasteiger partial charge in [-0.1, -0.05) is 42.8 Å². The predicted octanol–water partition coefficient (Wildman–Crippen LogP) is 2.41. The van der Waals surface area contributed by atoms with Crippen LogP contribution in [0.2, 0.25) is 0 Å². The second kappa shape index (κ2) is 6.43. The number of nitrogens with zero attached hydrogens (tertiary/aromatic N) is 4. The summed E-state index contributed by atoms with van der Waals surface area (Å²) in [5.41, 5.74) is 3.44. The first-order chi connectivity index (χ1) is 11.2. The topological polar surface area (TPSA) is 88.5 Å². The molecule has 0 saturated heterocycles. The number of nitrogens with one attached hydrogen (secondary N) is 2. The van der Waals surface area contributed by atoms with E-state index in [9.17, 15) is 4.79 Å². The zero-order valence-corrected chi connectivity index (χ0v) is 13.1. The Morgan fingerprint density at radius 2 is 2.09 bits per heavy atom. The van der Waals surface area contributed by atoms with Crippen molar-refractivity contribution in [1.82, 2.24) is 25.2 Å². The van der Waals surface area contributed by atoms with Gasteiger partial charge in [0.25, 0.3) is 5.91 Å². The fourth-order valence-corrected chi connectivity index (χ4v) is 2.31. The molecule has 0 aliphatic rings. The SMILES string of the molecule is CCCc1ccc(-c2cc(NC(=O)c3cn(C)nn3)n[nH]2)cc1. The Labute approximate surface area is 133 Å². The third kappa shape index (κ3) is 3.45. The average molecular weight is 310 g/mol. The van der Waals surface area contributed by atoms with Crippen LogP contribution < -0.4 is 5.32 Å². The molecular formula is C16H18N6O. The van der Waals surface area contributed by atoms with Crippen molar-refractivity contribution in [3.05, 3.63) is 47.8 Å². The maximum atomic E-state index is 12.0. The van der Waals surface area contributed by atoms with Gasteiger partial charge in [0.2, 0.25) is 0 Å². The van der Waals surface area contributed by atoms with E-state index in [1.54, 1.807) is 19.3 Å². The molecular weight excluding hydrogens is 292 g/mol. The van der Waals surface area contributed by atoms with Crippen molar-refractivity contribution in [2.45, 2.75) is 19.8 Å². The minimum Gasteiger partial charge on any atom is -0.304 e. The van der Waals surface area contributed by atoms with Crippen LogP contribution in [0.1, 0.15) is 29.4 Å². The summed E-state index contributed by atoms with van der Waals surface area (Å²) >= 11 is 0. The van der Waals surface area contributed by atoms with E-state index < -0.39 is 0 Å². The van der Waals surface area contributed by atoms with Gasteiger partial charge in [-0.05, 0) is 17.5 Å². The minimum absolute atomic E-state index is 0.251. The highest BCUT2D eigenvalue weighted by molar-refractivity contribution is 6.02. The molecule has 7 nitrogen and oxygen atoms in total. The van der Waals surface area contributed by atoms with Crippen molar-refractivity contribution in [2.75, 3.05) is 5.32 Å². The first kappa shape index (κ1) is 15.0. The van der Waals surface area contributed by atoms with Gasteiger partial charge in [-0.25, -0.2) is 0 Å². The van der Waals surface area contributed by atoms with Crippen LogP contribution in [0, 0.1) is 0 Å². The summed E-state index contributed by atoms with van der Waals surface area (Å²) in [6, 6.07) is 10.1. The van der Waals surface area contributed by atoms with E-state index in [1.807, 2.05) is 12.1 Å². The number of hydrogen-bond donors (Lipinski definition) is 2. The highest BCUT2D eigenvalue weighted by Gasteiger charge is 2.12. The van der Waals surface area contributed by atoms with Crippen LogP contribution in [0.5, 0.6) is 0 Å². The van der Waals surface area contributed by atoms with E-state index >= 15 is 0 Å². The summed E-state index contributed by atoms with van der Waals surface area (Å²) in [6.45, 7) is 2.16. The molecule has 0 aliphatic heterocycles. The lowest BCUT2D eigenvalue weighted by Crippen LogP contribution is -2.12. The number of aromatic nitrogens is 5. The summed E-state index contributed by atoms with van der Waals surface area (Å²) in [5.74, 6) is 0.114. The summed E-state index contributed by atoms with van der Waals surface area (Å²) < 4.78 is 1.47. The van der Waals surface area contributed by atoms with Crippen LogP contribution in [-0.2, 0) is 13.5 Å². The van der Waals surface area contributed by atoms with Crippen LogP contribution in [0.25, 0.3) is 11.3 Å². The third-order valence-corrected chi connectivity index (χ3v) is 3.46. The summed E-state index contributed by atoms with van der Waals surface area (Å²) in [4.78, 5) is 12.0. The van der Waals surface area contributed by atoms with Gasteiger partial charge >= 0.3 is 0 Å². The molecule has 3 rings (SSSR count). The van der Waals surface area contributed by atoms with Gasteiger partial charge in [0.1, 0.15) is 0 Å². The van der Waals surface area contributed by atoms with Crippen LogP contribution >= 0.6 is 0 Å². The number of aryl methyl sites for hydroxylation is 2. The van der Waals surface area contributed by atoms with Crippen LogP contribution in [0.15, 0.2) is 36.5 Å². The summed E-state index contributed by atoms with van der Waals surface area (Å²) in [5, 5.41) is 17.2. The lowest BCUT2D eigenvalue weighted by atomic mass is 10.1. The minimum atomic E-state index is -0.338. The highest BCUT2D eigenvalue weighted by atomic mass is 16.2. The van der Waals surface area contributed by atoms with Crippen molar-refractivity contribution >= 4 is 11.7 Å². The molecule has 0 fully saturated rings. The van der Waals surface area contributed by atoms with Crippen molar-refractivity contribution in [3.8, 4) is 11.3 Å². The Morgan fingerprint density at radius 1 is 1.30 bits per heavy atom. The lowest BCUT2D eigenvalue weighted by molar-refractivity contribution is 0.102. The van der Waals surface area contributed by atoms with Gasteiger partial charge in [0.15, 0.2) is 11.5 Å². The van der Waals surface area contributed by atoms with Crippen molar-refractivity contribution in [1.29, 1.82) is 0 Å². The molecule has 0 bridgehead atoms. The van der Waals surface area contributed by atoms with Crippen molar-refractivity contribution < 1.29 is 4.79 Å². The summed E-state index contributed by atoms with van der Waals surface area (Å²) in [7, 11) is 1.71. The Balaban J connectivity index is 1.71. The van der Waals surface area contributed by atoms with Gasteiger partial charge in [0.05, 0.1) is 11.9 Å². The standard InChI is InChI=1S/C16H18N6O/c1-3-4-11-5-7-12(8-6-11)13-9-15(20-18-13)17-16(23)14-10-22(2)21-19-14/h5-10H,3-4H2,1-2H3,(H2,17,18,20,23). The Hall–Kier alpha value is -2.96. The van der Waals surface area contributed by atoms with E-state index in [0.717, 1.165) is 24.1 Å². The number of hydrogen-bond acceptors (Lipinski definition) is 4. The van der Waals surface area contributed by atoms with Gasteiger partial charge in [0, 0.05) is 13.1 Å². The quantitative estimate of drug-likeness (QED) is 0.757. The fourth-order valence-electron chi connectivity index (χ4n) is 2.31. The molecule has 7 heteroatoms. The van der Waals surface area contributed by atoms with Gasteiger partial charge in [-0.3, -0.25) is 14.6 Å². The van der Waals surface area contributed by atoms with Gasteiger partial charge in [-0.2, -0.15) is 5.10 Å². The molecule has 0 spiro atoms. The Morgan fingerprint density at radius 3 is 2.74 bits per heavy atom. The van der Waals surface area contributed by atoms with Crippen LogP contribution in [0.4, 0.5) is 5.82 Å². The summed E-state index contributed by atoms with van der Waals surface area (Å²) in [6.07, 6.45) is 3.75. The molecule has 2 heterocycles. The van der Waals surface area contributed by atoms with E-state index in [-0.39, 0.29) is 11.6 Å². The zero-order chi connectivity index (χ0) is 16.2. The smallest absolute Gasteiger partial charge is 0.279 e.